The molecule has 7 nitrogen and oxygen atoms in total. The van der Waals surface area contributed by atoms with E-state index in [4.69, 9.17) is 18.7 Å². The number of aromatic nitrogens is 1. The number of hydrogen-bond donors (Lipinski definition) is 1. The third kappa shape index (κ3) is 3.29. The Morgan fingerprint density at radius 2 is 1.71 bits per heavy atom. The number of carbonyl (C=O) groups is 1. The number of nitrogens with one attached hydrogen (secondary N) is 1. The number of hydrogen-bond acceptors (Lipinski definition) is 6. The van der Waals surface area contributed by atoms with Crippen LogP contribution in [-0.2, 0) is 0 Å². The van der Waals surface area contributed by atoms with Gasteiger partial charge in [-0.2, -0.15) is 0 Å². The molecule has 0 unspecified atom stereocenters. The fraction of sp³-hybridized carbons (Fsp3) is 0.412. The predicted octanol–water partition coefficient (Wildman–Crippen LogP) is 3.38. The van der Waals surface area contributed by atoms with Gasteiger partial charge in [0.05, 0.1) is 27.0 Å². The third-order valence-corrected chi connectivity index (χ3v) is 3.56. The lowest BCUT2D eigenvalue weighted by Crippen LogP contribution is -2.15. The Morgan fingerprint density at radius 1 is 1.12 bits per heavy atom. The summed E-state index contributed by atoms with van der Waals surface area (Å²) in [6, 6.07) is 3.33. The van der Waals surface area contributed by atoms with Gasteiger partial charge in [-0.15, -0.1) is 0 Å². The third-order valence-electron chi connectivity index (χ3n) is 3.56. The van der Waals surface area contributed by atoms with Gasteiger partial charge in [0.2, 0.25) is 5.75 Å². The summed E-state index contributed by atoms with van der Waals surface area (Å²) in [4.78, 5) is 12.7. The van der Waals surface area contributed by atoms with Gasteiger partial charge in [-0.25, -0.2) is 0 Å². The van der Waals surface area contributed by atoms with Crippen molar-refractivity contribution in [1.29, 1.82) is 0 Å². The summed E-state index contributed by atoms with van der Waals surface area (Å²) < 4.78 is 21.1. The molecule has 2 aromatic rings. The Morgan fingerprint density at radius 3 is 2.17 bits per heavy atom. The normalized spacial score (nSPS) is 10.6. The van der Waals surface area contributed by atoms with Gasteiger partial charge in [0.1, 0.15) is 5.56 Å². The van der Waals surface area contributed by atoms with Crippen molar-refractivity contribution in [2.24, 2.45) is 0 Å². The quantitative estimate of drug-likeness (QED) is 0.872. The average Bonchev–Trinajstić information content (AvgIpc) is 2.95. The van der Waals surface area contributed by atoms with Crippen molar-refractivity contribution in [3.63, 3.8) is 0 Å². The Hall–Kier alpha value is -2.70. The highest BCUT2D eigenvalue weighted by Crippen LogP contribution is 2.40. The smallest absolute Gasteiger partial charge is 0.261 e. The van der Waals surface area contributed by atoms with E-state index < -0.39 is 0 Å². The maximum Gasteiger partial charge on any atom is 0.261 e. The second-order valence-electron chi connectivity index (χ2n) is 5.53. The first kappa shape index (κ1) is 17.7. The van der Waals surface area contributed by atoms with Crippen molar-refractivity contribution >= 4 is 11.6 Å². The van der Waals surface area contributed by atoms with Gasteiger partial charge in [-0.05, 0) is 6.92 Å². The molecule has 24 heavy (non-hydrogen) atoms. The molecule has 1 aromatic carbocycles. The minimum absolute atomic E-state index is 0.0480. The van der Waals surface area contributed by atoms with Gasteiger partial charge in [0.25, 0.3) is 5.91 Å². The van der Waals surface area contributed by atoms with E-state index >= 15 is 0 Å². The Kier molecular flexibility index (Phi) is 5.33. The largest absolute Gasteiger partial charge is 0.493 e. The summed E-state index contributed by atoms with van der Waals surface area (Å²) in [7, 11) is 4.56. The van der Waals surface area contributed by atoms with Crippen LogP contribution in [0.25, 0.3) is 0 Å². The van der Waals surface area contributed by atoms with Crippen molar-refractivity contribution in [2.45, 2.75) is 26.7 Å². The second kappa shape index (κ2) is 7.25. The van der Waals surface area contributed by atoms with Crippen molar-refractivity contribution in [3.8, 4) is 17.2 Å². The van der Waals surface area contributed by atoms with E-state index in [9.17, 15) is 4.79 Å². The van der Waals surface area contributed by atoms with Crippen LogP contribution in [0.3, 0.4) is 0 Å². The molecule has 1 aromatic heterocycles. The molecule has 0 radical (unpaired) electrons. The fourth-order valence-corrected chi connectivity index (χ4v) is 2.40. The topological polar surface area (TPSA) is 82.8 Å². The van der Waals surface area contributed by atoms with Gasteiger partial charge in [0.15, 0.2) is 17.3 Å². The summed E-state index contributed by atoms with van der Waals surface area (Å²) in [5, 5.41) is 6.72. The molecule has 0 aliphatic rings. The lowest BCUT2D eigenvalue weighted by molar-refractivity contribution is 0.102. The molecule has 0 aliphatic heterocycles. The molecule has 0 fully saturated rings. The zero-order valence-electron chi connectivity index (χ0n) is 14.7. The van der Waals surface area contributed by atoms with E-state index in [1.54, 1.807) is 19.1 Å². The van der Waals surface area contributed by atoms with Crippen LogP contribution in [-0.4, -0.2) is 32.4 Å². The number of ether oxygens (including phenoxy) is 3. The van der Waals surface area contributed by atoms with Gasteiger partial charge >= 0.3 is 0 Å². The number of rotatable bonds is 6. The number of aryl methyl sites for hydroxylation is 1. The van der Waals surface area contributed by atoms with Gasteiger partial charge in [-0.3, -0.25) is 4.79 Å². The lowest BCUT2D eigenvalue weighted by Gasteiger charge is -2.14. The van der Waals surface area contributed by atoms with Gasteiger partial charge < -0.3 is 24.1 Å². The van der Waals surface area contributed by atoms with Crippen LogP contribution >= 0.6 is 0 Å². The number of methoxy groups -OCH3 is 3. The minimum Gasteiger partial charge on any atom is -0.493 e. The van der Waals surface area contributed by atoms with Crippen molar-refractivity contribution in [3.05, 3.63) is 29.2 Å². The van der Waals surface area contributed by atoms with E-state index in [0.29, 0.717) is 40.0 Å². The summed E-state index contributed by atoms with van der Waals surface area (Å²) in [6.45, 7) is 5.62. The predicted molar refractivity (Wildman–Crippen MR) is 89.4 cm³/mol. The van der Waals surface area contributed by atoms with Crippen molar-refractivity contribution in [1.82, 2.24) is 5.16 Å². The number of benzene rings is 1. The zero-order valence-corrected chi connectivity index (χ0v) is 14.7. The Labute approximate surface area is 140 Å². The van der Waals surface area contributed by atoms with E-state index in [-0.39, 0.29) is 11.8 Å². The molecule has 130 valence electrons. The molecule has 0 saturated heterocycles. The molecule has 1 N–H and O–H groups in total. The SMILES string of the molecule is COc1cc(NC(=O)c2c(C)noc2C(C)C)cc(OC)c1OC. The molecule has 0 saturated carbocycles. The van der Waals surface area contributed by atoms with Crippen LogP contribution in [0.5, 0.6) is 17.2 Å². The van der Waals surface area contributed by atoms with Gasteiger partial charge in [0, 0.05) is 23.7 Å². The highest BCUT2D eigenvalue weighted by atomic mass is 16.5. The second-order valence-corrected chi connectivity index (χ2v) is 5.53. The van der Waals surface area contributed by atoms with Crippen molar-refractivity contribution < 1.29 is 23.5 Å². The first-order chi connectivity index (χ1) is 11.4. The first-order valence-electron chi connectivity index (χ1n) is 7.50. The molecule has 0 aliphatic carbocycles. The number of amides is 1. The van der Waals surface area contributed by atoms with Gasteiger partial charge in [-0.1, -0.05) is 19.0 Å². The molecule has 7 heteroatoms. The maximum absolute atomic E-state index is 12.7. The molecule has 1 heterocycles. The van der Waals surface area contributed by atoms with Crippen LogP contribution < -0.4 is 19.5 Å². The summed E-state index contributed by atoms with van der Waals surface area (Å²) in [6.07, 6.45) is 0. The summed E-state index contributed by atoms with van der Waals surface area (Å²) in [5.74, 6) is 1.68. The highest BCUT2D eigenvalue weighted by Gasteiger charge is 2.23. The standard InChI is InChI=1S/C17H22N2O5/c1-9(2)15-14(10(3)19-24-15)17(20)18-11-7-12(21-4)16(23-6)13(8-11)22-5/h7-9H,1-6H3,(H,18,20). The fourth-order valence-electron chi connectivity index (χ4n) is 2.40. The minimum atomic E-state index is -0.299. The number of nitrogens with zero attached hydrogens (tertiary/aromatic N) is 1. The van der Waals surface area contributed by atoms with E-state index in [1.807, 2.05) is 13.8 Å². The molecule has 0 spiro atoms. The monoisotopic (exact) mass is 334 g/mol. The van der Waals surface area contributed by atoms with Crippen molar-refractivity contribution in [2.75, 3.05) is 26.6 Å². The lowest BCUT2D eigenvalue weighted by atomic mass is 10.0. The van der Waals surface area contributed by atoms with Crippen LogP contribution in [0.15, 0.2) is 16.7 Å². The molecular weight excluding hydrogens is 312 g/mol. The van der Waals surface area contributed by atoms with Crippen LogP contribution in [0.2, 0.25) is 0 Å². The number of anilines is 1. The molecule has 1 amide bonds. The zero-order chi connectivity index (χ0) is 17.9. The van der Waals surface area contributed by atoms with Crippen LogP contribution in [0, 0.1) is 6.92 Å². The Balaban J connectivity index is 2.38. The first-order valence-corrected chi connectivity index (χ1v) is 7.50. The highest BCUT2D eigenvalue weighted by molar-refractivity contribution is 6.06. The maximum atomic E-state index is 12.7. The van der Waals surface area contributed by atoms with Crippen LogP contribution in [0.1, 0.15) is 41.6 Å². The van der Waals surface area contributed by atoms with E-state index in [1.165, 1.54) is 21.3 Å². The van der Waals surface area contributed by atoms with E-state index in [2.05, 4.69) is 10.5 Å². The molecule has 0 bridgehead atoms. The van der Waals surface area contributed by atoms with E-state index in [0.717, 1.165) is 0 Å². The summed E-state index contributed by atoms with van der Waals surface area (Å²) in [5.41, 5.74) is 1.51. The Bertz CT molecular complexity index is 712. The van der Waals surface area contributed by atoms with Crippen LogP contribution in [0.4, 0.5) is 5.69 Å². The number of carbonyl (C=O) groups excluding carboxylic acids is 1. The summed E-state index contributed by atoms with van der Waals surface area (Å²) >= 11 is 0. The molecule has 2 rings (SSSR count). The average molecular weight is 334 g/mol. The molecular formula is C17H22N2O5. The molecule has 0 atom stereocenters.